The van der Waals surface area contributed by atoms with Crippen LogP contribution in [-0.2, 0) is 0 Å². The maximum absolute atomic E-state index is 6.44. The van der Waals surface area contributed by atoms with Crippen LogP contribution < -0.4 is 0 Å². The molecule has 0 aliphatic heterocycles. The van der Waals surface area contributed by atoms with Gasteiger partial charge >= 0.3 is 0 Å². The quantitative estimate of drug-likeness (QED) is 0.407. The number of aromatic nitrogens is 1. The van der Waals surface area contributed by atoms with Crippen molar-refractivity contribution in [2.24, 2.45) is 0 Å². The molecular weight excluding hydrogens is 314 g/mol. The highest BCUT2D eigenvalue weighted by atomic mass is 35.5. The summed E-state index contributed by atoms with van der Waals surface area (Å²) in [5.74, 6) is 0. The molecule has 0 saturated carbocycles. The standard InChI is InChI=1S/C22H16ClN/c1-15-9-11-16(12-10-15)18-7-4-5-17-13-14-24-22(21(17)18)19-6-2-3-8-20(19)23/h2-14H,1H3. The first-order valence-electron chi connectivity index (χ1n) is 7.94. The van der Waals surface area contributed by atoms with Crippen LogP contribution in [-0.4, -0.2) is 4.98 Å². The number of halogens is 1. The molecule has 0 saturated heterocycles. The Kier molecular flexibility index (Phi) is 3.79. The molecule has 0 fully saturated rings. The van der Waals surface area contributed by atoms with Crippen molar-refractivity contribution in [1.29, 1.82) is 0 Å². The summed E-state index contributed by atoms with van der Waals surface area (Å²) >= 11 is 6.44. The molecule has 0 atom stereocenters. The van der Waals surface area contributed by atoms with E-state index in [0.717, 1.165) is 27.1 Å². The Morgan fingerprint density at radius 1 is 0.750 bits per heavy atom. The number of aryl methyl sites for hydroxylation is 1. The molecule has 0 aliphatic rings. The Hall–Kier alpha value is -2.64. The van der Waals surface area contributed by atoms with E-state index in [1.165, 1.54) is 16.7 Å². The van der Waals surface area contributed by atoms with Gasteiger partial charge in [-0.15, -0.1) is 0 Å². The summed E-state index contributed by atoms with van der Waals surface area (Å²) in [6.45, 7) is 2.10. The number of benzene rings is 3. The number of nitrogens with zero attached hydrogens (tertiary/aromatic N) is 1. The van der Waals surface area contributed by atoms with Gasteiger partial charge in [-0.3, -0.25) is 4.98 Å². The van der Waals surface area contributed by atoms with Crippen molar-refractivity contribution >= 4 is 22.4 Å². The summed E-state index contributed by atoms with van der Waals surface area (Å²) in [4.78, 5) is 4.66. The molecule has 24 heavy (non-hydrogen) atoms. The normalized spacial score (nSPS) is 10.9. The van der Waals surface area contributed by atoms with Crippen molar-refractivity contribution < 1.29 is 0 Å². The van der Waals surface area contributed by atoms with Gasteiger partial charge in [-0.25, -0.2) is 0 Å². The smallest absolute Gasteiger partial charge is 0.0801 e. The lowest BCUT2D eigenvalue weighted by Crippen LogP contribution is -1.90. The van der Waals surface area contributed by atoms with Crippen molar-refractivity contribution in [2.45, 2.75) is 6.92 Å². The Bertz CT molecular complexity index is 1010. The average molecular weight is 330 g/mol. The summed E-state index contributed by atoms with van der Waals surface area (Å²) in [5, 5.41) is 3.02. The van der Waals surface area contributed by atoms with Crippen LogP contribution in [0.4, 0.5) is 0 Å². The largest absolute Gasteiger partial charge is 0.256 e. The first-order valence-corrected chi connectivity index (χ1v) is 8.31. The average Bonchev–Trinajstić information content (AvgIpc) is 2.62. The van der Waals surface area contributed by atoms with E-state index in [0.29, 0.717) is 0 Å². The summed E-state index contributed by atoms with van der Waals surface area (Å²) in [6, 6.07) is 24.9. The first-order chi connectivity index (χ1) is 11.7. The Morgan fingerprint density at radius 2 is 1.50 bits per heavy atom. The van der Waals surface area contributed by atoms with Crippen LogP contribution >= 0.6 is 11.6 Å². The van der Waals surface area contributed by atoms with Crippen molar-refractivity contribution in [3.05, 3.63) is 89.6 Å². The first kappa shape index (κ1) is 14.9. The van der Waals surface area contributed by atoms with Crippen molar-refractivity contribution in [3.8, 4) is 22.4 Å². The number of fused-ring (bicyclic) bond motifs is 1. The molecule has 0 N–H and O–H groups in total. The van der Waals surface area contributed by atoms with Gasteiger partial charge < -0.3 is 0 Å². The summed E-state index contributed by atoms with van der Waals surface area (Å²) in [6.07, 6.45) is 1.85. The van der Waals surface area contributed by atoms with Gasteiger partial charge in [0.1, 0.15) is 0 Å². The number of hydrogen-bond acceptors (Lipinski definition) is 1. The highest BCUT2D eigenvalue weighted by Gasteiger charge is 2.13. The minimum absolute atomic E-state index is 0.719. The predicted octanol–water partition coefficient (Wildman–Crippen LogP) is 6.53. The van der Waals surface area contributed by atoms with E-state index in [4.69, 9.17) is 11.6 Å². The minimum atomic E-state index is 0.719. The zero-order valence-electron chi connectivity index (χ0n) is 13.3. The predicted molar refractivity (Wildman–Crippen MR) is 102 cm³/mol. The molecule has 0 bridgehead atoms. The second kappa shape index (κ2) is 6.10. The van der Waals surface area contributed by atoms with Crippen molar-refractivity contribution in [1.82, 2.24) is 4.98 Å². The number of pyridine rings is 1. The lowest BCUT2D eigenvalue weighted by Gasteiger charge is -2.12. The molecule has 1 heterocycles. The second-order valence-electron chi connectivity index (χ2n) is 5.91. The van der Waals surface area contributed by atoms with Crippen molar-refractivity contribution in [3.63, 3.8) is 0 Å². The highest BCUT2D eigenvalue weighted by molar-refractivity contribution is 6.33. The lowest BCUT2D eigenvalue weighted by atomic mass is 9.94. The van der Waals surface area contributed by atoms with E-state index in [-0.39, 0.29) is 0 Å². The molecule has 0 spiro atoms. The monoisotopic (exact) mass is 329 g/mol. The van der Waals surface area contributed by atoms with E-state index in [1.54, 1.807) is 0 Å². The second-order valence-corrected chi connectivity index (χ2v) is 6.32. The van der Waals surface area contributed by atoms with E-state index in [2.05, 4.69) is 54.4 Å². The van der Waals surface area contributed by atoms with Gasteiger partial charge in [-0.2, -0.15) is 0 Å². The Balaban J connectivity index is 2.06. The molecule has 0 aliphatic carbocycles. The van der Waals surface area contributed by atoms with Gasteiger partial charge in [-0.1, -0.05) is 77.8 Å². The molecule has 0 radical (unpaired) electrons. The zero-order chi connectivity index (χ0) is 16.5. The third kappa shape index (κ3) is 2.57. The van der Waals surface area contributed by atoms with Gasteiger partial charge in [0.2, 0.25) is 0 Å². The maximum Gasteiger partial charge on any atom is 0.0801 e. The Labute approximate surface area is 146 Å². The molecule has 0 amide bonds. The molecule has 1 aromatic heterocycles. The third-order valence-corrected chi connectivity index (χ3v) is 4.61. The molecule has 0 unspecified atom stereocenters. The van der Waals surface area contributed by atoms with Crippen LogP contribution in [0.25, 0.3) is 33.2 Å². The lowest BCUT2D eigenvalue weighted by molar-refractivity contribution is 1.36. The van der Waals surface area contributed by atoms with E-state index >= 15 is 0 Å². The van der Waals surface area contributed by atoms with Crippen LogP contribution in [0.15, 0.2) is 79.0 Å². The van der Waals surface area contributed by atoms with Crippen LogP contribution in [0, 0.1) is 6.92 Å². The van der Waals surface area contributed by atoms with Gasteiger partial charge in [-0.05, 0) is 35.6 Å². The van der Waals surface area contributed by atoms with E-state index in [1.807, 2.05) is 36.5 Å². The van der Waals surface area contributed by atoms with E-state index < -0.39 is 0 Å². The SMILES string of the molecule is Cc1ccc(-c2cccc3ccnc(-c4ccccc4Cl)c23)cc1. The molecule has 4 aromatic rings. The topological polar surface area (TPSA) is 12.9 Å². The van der Waals surface area contributed by atoms with Crippen LogP contribution in [0.5, 0.6) is 0 Å². The minimum Gasteiger partial charge on any atom is -0.256 e. The molecule has 116 valence electrons. The van der Waals surface area contributed by atoms with Crippen molar-refractivity contribution in [2.75, 3.05) is 0 Å². The number of rotatable bonds is 2. The third-order valence-electron chi connectivity index (χ3n) is 4.28. The zero-order valence-corrected chi connectivity index (χ0v) is 14.1. The van der Waals surface area contributed by atoms with Gasteiger partial charge in [0.15, 0.2) is 0 Å². The summed E-state index contributed by atoms with van der Waals surface area (Å²) < 4.78 is 0. The molecule has 4 rings (SSSR count). The highest BCUT2D eigenvalue weighted by Crippen LogP contribution is 2.37. The molecule has 2 heteroatoms. The van der Waals surface area contributed by atoms with Gasteiger partial charge in [0, 0.05) is 22.2 Å². The van der Waals surface area contributed by atoms with Gasteiger partial charge in [0.05, 0.1) is 5.69 Å². The van der Waals surface area contributed by atoms with Crippen LogP contribution in [0.1, 0.15) is 5.56 Å². The van der Waals surface area contributed by atoms with Gasteiger partial charge in [0.25, 0.3) is 0 Å². The molecule has 3 aromatic carbocycles. The maximum atomic E-state index is 6.44. The summed E-state index contributed by atoms with van der Waals surface area (Å²) in [5.41, 5.74) is 5.50. The fourth-order valence-corrected chi connectivity index (χ4v) is 3.29. The number of hydrogen-bond donors (Lipinski definition) is 0. The van der Waals surface area contributed by atoms with Crippen LogP contribution in [0.3, 0.4) is 0 Å². The van der Waals surface area contributed by atoms with E-state index in [9.17, 15) is 0 Å². The molecule has 1 nitrogen and oxygen atoms in total. The van der Waals surface area contributed by atoms with Crippen LogP contribution in [0.2, 0.25) is 5.02 Å². The Morgan fingerprint density at radius 3 is 2.29 bits per heavy atom. The molecular formula is C22H16ClN. The fraction of sp³-hybridized carbons (Fsp3) is 0.0455. The fourth-order valence-electron chi connectivity index (χ4n) is 3.06. The summed E-state index contributed by atoms with van der Waals surface area (Å²) in [7, 11) is 0.